The lowest BCUT2D eigenvalue weighted by molar-refractivity contribution is -0.143. The summed E-state index contributed by atoms with van der Waals surface area (Å²) in [5.41, 5.74) is -0.661. The third kappa shape index (κ3) is 2.89. The summed E-state index contributed by atoms with van der Waals surface area (Å²) in [6, 6.07) is 4.71. The second-order valence-electron chi connectivity index (χ2n) is 4.74. The molecular formula is C14H16F3NO2. The summed E-state index contributed by atoms with van der Waals surface area (Å²) in [6.07, 6.45) is -2.35. The van der Waals surface area contributed by atoms with Gasteiger partial charge >= 0.3 is 12.1 Å². The summed E-state index contributed by atoms with van der Waals surface area (Å²) >= 11 is 0. The zero-order valence-corrected chi connectivity index (χ0v) is 11.1. The van der Waals surface area contributed by atoms with Crippen LogP contribution in [-0.2, 0) is 15.7 Å². The van der Waals surface area contributed by atoms with E-state index in [0.717, 1.165) is 18.9 Å². The van der Waals surface area contributed by atoms with Crippen molar-refractivity contribution in [3.63, 3.8) is 0 Å². The molecule has 1 aromatic rings. The number of hydrogen-bond acceptors (Lipinski definition) is 3. The third-order valence-electron chi connectivity index (χ3n) is 3.49. The maximum Gasteiger partial charge on any atom is 0.418 e. The number of ether oxygens (including phenoxy) is 1. The summed E-state index contributed by atoms with van der Waals surface area (Å²) in [4.78, 5) is 13.3. The van der Waals surface area contributed by atoms with Crippen molar-refractivity contribution in [2.24, 2.45) is 0 Å². The predicted octanol–water partition coefficient (Wildman–Crippen LogP) is 3.24. The quantitative estimate of drug-likeness (QED) is 0.782. The van der Waals surface area contributed by atoms with E-state index in [-0.39, 0.29) is 5.69 Å². The Kier molecular flexibility index (Phi) is 4.20. The lowest BCUT2D eigenvalue weighted by atomic mass is 9.99. The second kappa shape index (κ2) is 5.73. The number of esters is 1. The first-order valence-electron chi connectivity index (χ1n) is 6.46. The number of halogens is 3. The van der Waals surface area contributed by atoms with Crippen molar-refractivity contribution in [3.8, 4) is 0 Å². The van der Waals surface area contributed by atoms with E-state index >= 15 is 0 Å². The van der Waals surface area contributed by atoms with Crippen molar-refractivity contribution in [2.75, 3.05) is 18.6 Å². The Balaban J connectivity index is 2.40. The molecule has 1 atom stereocenters. The molecule has 0 radical (unpaired) electrons. The van der Waals surface area contributed by atoms with Crippen molar-refractivity contribution >= 4 is 11.7 Å². The van der Waals surface area contributed by atoms with E-state index in [1.807, 2.05) is 0 Å². The van der Waals surface area contributed by atoms with Crippen LogP contribution in [0.1, 0.15) is 24.8 Å². The van der Waals surface area contributed by atoms with Gasteiger partial charge in [-0.1, -0.05) is 12.1 Å². The molecule has 0 spiro atoms. The molecule has 1 saturated heterocycles. The normalized spacial score (nSPS) is 19.8. The number of hydrogen-bond donors (Lipinski definition) is 0. The molecule has 1 fully saturated rings. The average molecular weight is 287 g/mol. The van der Waals surface area contributed by atoms with Crippen LogP contribution in [0.25, 0.3) is 0 Å². The van der Waals surface area contributed by atoms with Gasteiger partial charge < -0.3 is 9.64 Å². The van der Waals surface area contributed by atoms with Crippen molar-refractivity contribution < 1.29 is 22.7 Å². The van der Waals surface area contributed by atoms with E-state index in [1.54, 1.807) is 6.07 Å². The van der Waals surface area contributed by atoms with Gasteiger partial charge in [0, 0.05) is 12.2 Å². The molecule has 2 rings (SSSR count). The summed E-state index contributed by atoms with van der Waals surface area (Å²) in [5.74, 6) is -0.485. The molecule has 3 nitrogen and oxygen atoms in total. The molecule has 0 saturated carbocycles. The fourth-order valence-corrected chi connectivity index (χ4v) is 2.56. The standard InChI is InChI=1S/C14H16F3NO2/c1-20-13(19)12-8-4-5-9-18(12)11-7-3-2-6-10(11)14(15,16)17/h2-3,6-7,12H,4-5,8-9H2,1H3. The SMILES string of the molecule is COC(=O)C1CCCCN1c1ccccc1C(F)(F)F. The molecule has 1 heterocycles. The van der Waals surface area contributed by atoms with Gasteiger partial charge in [-0.2, -0.15) is 13.2 Å². The molecule has 6 heteroatoms. The highest BCUT2D eigenvalue weighted by atomic mass is 19.4. The lowest BCUT2D eigenvalue weighted by Gasteiger charge is -2.36. The van der Waals surface area contributed by atoms with Gasteiger partial charge in [-0.15, -0.1) is 0 Å². The number of para-hydroxylation sites is 1. The molecule has 0 bridgehead atoms. The van der Waals surface area contributed by atoms with Crippen LogP contribution in [0.15, 0.2) is 24.3 Å². The number of anilines is 1. The number of alkyl halides is 3. The van der Waals surface area contributed by atoms with E-state index in [2.05, 4.69) is 0 Å². The maximum absolute atomic E-state index is 13.1. The van der Waals surface area contributed by atoms with Gasteiger partial charge in [0.05, 0.1) is 12.7 Å². The maximum atomic E-state index is 13.1. The Bertz CT molecular complexity index is 488. The highest BCUT2D eigenvalue weighted by Crippen LogP contribution is 2.38. The smallest absolute Gasteiger partial charge is 0.418 e. The summed E-state index contributed by atoms with van der Waals surface area (Å²) < 4.78 is 43.9. The fourth-order valence-electron chi connectivity index (χ4n) is 2.56. The molecular weight excluding hydrogens is 271 g/mol. The molecule has 1 unspecified atom stereocenters. The topological polar surface area (TPSA) is 29.5 Å². The van der Waals surface area contributed by atoms with Gasteiger partial charge in [-0.3, -0.25) is 0 Å². The van der Waals surface area contributed by atoms with E-state index < -0.39 is 23.8 Å². The van der Waals surface area contributed by atoms with E-state index in [0.29, 0.717) is 13.0 Å². The monoisotopic (exact) mass is 287 g/mol. The minimum atomic E-state index is -4.44. The fraction of sp³-hybridized carbons (Fsp3) is 0.500. The molecule has 20 heavy (non-hydrogen) atoms. The van der Waals surface area contributed by atoms with Crippen LogP contribution in [0.2, 0.25) is 0 Å². The molecule has 1 aromatic carbocycles. The van der Waals surface area contributed by atoms with Crippen LogP contribution in [0, 0.1) is 0 Å². The Morgan fingerprint density at radius 2 is 2.00 bits per heavy atom. The number of carbonyl (C=O) groups is 1. The van der Waals surface area contributed by atoms with Gasteiger partial charge in [-0.05, 0) is 31.4 Å². The minimum absolute atomic E-state index is 0.0510. The van der Waals surface area contributed by atoms with Crippen molar-refractivity contribution in [1.82, 2.24) is 0 Å². The Labute approximate surface area is 115 Å². The van der Waals surface area contributed by atoms with Crippen LogP contribution in [0.5, 0.6) is 0 Å². The Morgan fingerprint density at radius 1 is 1.30 bits per heavy atom. The minimum Gasteiger partial charge on any atom is -0.467 e. The van der Waals surface area contributed by atoms with Gasteiger partial charge in [-0.25, -0.2) is 4.79 Å². The van der Waals surface area contributed by atoms with E-state index in [9.17, 15) is 18.0 Å². The highest BCUT2D eigenvalue weighted by molar-refractivity contribution is 5.80. The third-order valence-corrected chi connectivity index (χ3v) is 3.49. The number of benzene rings is 1. The predicted molar refractivity (Wildman–Crippen MR) is 68.4 cm³/mol. The highest BCUT2D eigenvalue weighted by Gasteiger charge is 2.38. The van der Waals surface area contributed by atoms with E-state index in [4.69, 9.17) is 4.74 Å². The van der Waals surface area contributed by atoms with Crippen molar-refractivity contribution in [3.05, 3.63) is 29.8 Å². The summed E-state index contributed by atoms with van der Waals surface area (Å²) in [7, 11) is 1.25. The number of carbonyl (C=O) groups excluding carboxylic acids is 1. The molecule has 1 aliphatic rings. The molecule has 0 N–H and O–H groups in total. The van der Waals surface area contributed by atoms with Gasteiger partial charge in [0.15, 0.2) is 0 Å². The first-order chi connectivity index (χ1) is 9.45. The van der Waals surface area contributed by atoms with Crippen LogP contribution >= 0.6 is 0 Å². The summed E-state index contributed by atoms with van der Waals surface area (Å²) in [6.45, 7) is 0.423. The number of methoxy groups -OCH3 is 1. The zero-order chi connectivity index (χ0) is 14.8. The van der Waals surface area contributed by atoms with Crippen molar-refractivity contribution in [2.45, 2.75) is 31.5 Å². The van der Waals surface area contributed by atoms with Crippen LogP contribution in [0.4, 0.5) is 18.9 Å². The molecule has 0 aliphatic carbocycles. The van der Waals surface area contributed by atoms with Crippen molar-refractivity contribution in [1.29, 1.82) is 0 Å². The molecule has 0 amide bonds. The Morgan fingerprint density at radius 3 is 2.65 bits per heavy atom. The van der Waals surface area contributed by atoms with E-state index in [1.165, 1.54) is 24.1 Å². The van der Waals surface area contributed by atoms with Crippen LogP contribution < -0.4 is 4.90 Å². The summed E-state index contributed by atoms with van der Waals surface area (Å²) in [5, 5.41) is 0. The Hall–Kier alpha value is -1.72. The van der Waals surface area contributed by atoms with Crippen LogP contribution in [-0.4, -0.2) is 25.7 Å². The number of rotatable bonds is 2. The lowest BCUT2D eigenvalue weighted by Crippen LogP contribution is -2.46. The first kappa shape index (κ1) is 14.7. The van der Waals surface area contributed by atoms with Gasteiger partial charge in [0.25, 0.3) is 0 Å². The first-order valence-corrected chi connectivity index (χ1v) is 6.46. The van der Waals surface area contributed by atoms with Gasteiger partial charge in [0.2, 0.25) is 0 Å². The molecule has 110 valence electrons. The molecule has 0 aromatic heterocycles. The number of piperidine rings is 1. The molecule has 1 aliphatic heterocycles. The average Bonchev–Trinajstić information content (AvgIpc) is 2.45. The largest absolute Gasteiger partial charge is 0.467 e. The van der Waals surface area contributed by atoms with Gasteiger partial charge in [0.1, 0.15) is 6.04 Å². The number of nitrogens with zero attached hydrogens (tertiary/aromatic N) is 1. The second-order valence-corrected chi connectivity index (χ2v) is 4.74. The zero-order valence-electron chi connectivity index (χ0n) is 11.1. The van der Waals surface area contributed by atoms with Crippen LogP contribution in [0.3, 0.4) is 0 Å².